The summed E-state index contributed by atoms with van der Waals surface area (Å²) in [5.74, 6) is -0.453. The second-order valence-electron chi connectivity index (χ2n) is 5.74. The van der Waals surface area contributed by atoms with Crippen molar-refractivity contribution in [3.63, 3.8) is 0 Å². The quantitative estimate of drug-likeness (QED) is 0.303. The van der Waals surface area contributed by atoms with Gasteiger partial charge in [0, 0.05) is 6.08 Å². The lowest BCUT2D eigenvalue weighted by molar-refractivity contribution is -0.115. The third-order valence-corrected chi connectivity index (χ3v) is 3.72. The number of rotatable bonds is 6. The number of nitrogens with one attached hydrogen (secondary N) is 3. The van der Waals surface area contributed by atoms with Gasteiger partial charge in [0.15, 0.2) is 5.11 Å². The lowest BCUT2D eigenvalue weighted by atomic mass is 10.1. The van der Waals surface area contributed by atoms with Crippen LogP contribution in [0.25, 0.3) is 6.08 Å². The van der Waals surface area contributed by atoms with E-state index in [0.717, 1.165) is 11.1 Å². The van der Waals surface area contributed by atoms with Crippen LogP contribution >= 0.6 is 12.2 Å². The summed E-state index contributed by atoms with van der Waals surface area (Å²) in [6.45, 7) is 5.84. The summed E-state index contributed by atoms with van der Waals surface area (Å²) < 4.78 is 5.44. The third-order valence-electron chi connectivity index (χ3n) is 3.52. The second kappa shape index (κ2) is 10.6. The predicted molar refractivity (Wildman–Crippen MR) is 114 cm³/mol. The average Bonchev–Trinajstić information content (AvgIpc) is 2.70. The Morgan fingerprint density at radius 2 is 1.82 bits per heavy atom. The molecule has 7 heteroatoms. The zero-order chi connectivity index (χ0) is 20.4. The minimum Gasteiger partial charge on any atom is -0.489 e. The fourth-order valence-electron chi connectivity index (χ4n) is 2.14. The molecule has 28 heavy (non-hydrogen) atoms. The van der Waals surface area contributed by atoms with Crippen LogP contribution in [0.5, 0.6) is 5.75 Å². The Kier molecular flexibility index (Phi) is 7.92. The van der Waals surface area contributed by atoms with Gasteiger partial charge in [0.25, 0.3) is 5.91 Å². The van der Waals surface area contributed by atoms with Crippen LogP contribution in [0.1, 0.15) is 21.5 Å². The van der Waals surface area contributed by atoms with E-state index in [0.29, 0.717) is 11.3 Å². The summed E-state index contributed by atoms with van der Waals surface area (Å²) in [5.41, 5.74) is 7.27. The first kappa shape index (κ1) is 20.9. The van der Waals surface area contributed by atoms with Gasteiger partial charge in [0.05, 0.1) is 5.56 Å². The molecule has 2 rings (SSSR count). The molecule has 3 N–H and O–H groups in total. The number of hydrogen-bond donors (Lipinski definition) is 3. The van der Waals surface area contributed by atoms with Crippen LogP contribution in [0, 0.1) is 6.92 Å². The molecule has 0 aliphatic rings. The molecule has 0 aliphatic carbocycles. The molecule has 2 aromatic carbocycles. The van der Waals surface area contributed by atoms with Gasteiger partial charge >= 0.3 is 0 Å². The number of thiocarbonyl (C=S) groups is 1. The first-order chi connectivity index (χ1) is 13.5. The molecular formula is C21H21N3O3S. The maximum atomic E-state index is 12.3. The minimum absolute atomic E-state index is 0.0311. The van der Waals surface area contributed by atoms with Crippen LogP contribution in [0.2, 0.25) is 0 Å². The van der Waals surface area contributed by atoms with E-state index in [4.69, 9.17) is 17.0 Å². The smallest absolute Gasteiger partial charge is 0.273 e. The van der Waals surface area contributed by atoms with Gasteiger partial charge in [0.2, 0.25) is 5.91 Å². The molecule has 2 amide bonds. The van der Waals surface area contributed by atoms with E-state index in [1.807, 2.05) is 31.2 Å². The fourth-order valence-corrected chi connectivity index (χ4v) is 2.30. The van der Waals surface area contributed by atoms with Crippen molar-refractivity contribution >= 4 is 35.2 Å². The maximum absolute atomic E-state index is 12.3. The van der Waals surface area contributed by atoms with Gasteiger partial charge in [0.1, 0.15) is 12.4 Å². The standard InChI is InChI=1S/C21H21N3O3S/c1-3-14-27-18-7-5-4-6-17(18)20(26)23-24-21(28)22-19(25)13-12-16-10-8-15(2)9-11-16/h3-13H,1,14H2,2H3,(H,23,26)(H2,22,24,25,28). The average molecular weight is 395 g/mol. The van der Waals surface area contributed by atoms with E-state index in [2.05, 4.69) is 22.7 Å². The van der Waals surface area contributed by atoms with Crippen molar-refractivity contribution in [3.05, 3.63) is 84.0 Å². The van der Waals surface area contributed by atoms with E-state index in [1.54, 1.807) is 36.4 Å². The van der Waals surface area contributed by atoms with E-state index in [-0.39, 0.29) is 11.7 Å². The van der Waals surface area contributed by atoms with Gasteiger partial charge in [-0.05, 0) is 42.9 Å². The van der Waals surface area contributed by atoms with Crippen molar-refractivity contribution in [2.45, 2.75) is 6.92 Å². The Bertz CT molecular complexity index is 892. The number of aryl methyl sites for hydroxylation is 1. The van der Waals surface area contributed by atoms with Crippen LogP contribution in [0.15, 0.2) is 67.3 Å². The summed E-state index contributed by atoms with van der Waals surface area (Å²) >= 11 is 5.01. The predicted octanol–water partition coefficient (Wildman–Crippen LogP) is 2.91. The fraction of sp³-hybridized carbons (Fsp3) is 0.0952. The van der Waals surface area contributed by atoms with Crippen molar-refractivity contribution in [2.75, 3.05) is 6.61 Å². The Morgan fingerprint density at radius 3 is 2.54 bits per heavy atom. The lowest BCUT2D eigenvalue weighted by Gasteiger charge is -2.12. The number of hydrazine groups is 1. The normalized spacial score (nSPS) is 10.2. The van der Waals surface area contributed by atoms with E-state index >= 15 is 0 Å². The van der Waals surface area contributed by atoms with Crippen LogP contribution in [0.4, 0.5) is 0 Å². The summed E-state index contributed by atoms with van der Waals surface area (Å²) in [5, 5.41) is 2.42. The van der Waals surface area contributed by atoms with Gasteiger partial charge in [-0.3, -0.25) is 25.8 Å². The maximum Gasteiger partial charge on any atom is 0.273 e. The number of ether oxygens (including phenoxy) is 1. The van der Waals surface area contributed by atoms with Gasteiger partial charge in [-0.15, -0.1) is 0 Å². The molecule has 0 unspecified atom stereocenters. The van der Waals surface area contributed by atoms with Crippen molar-refractivity contribution < 1.29 is 14.3 Å². The molecule has 144 valence electrons. The molecular weight excluding hydrogens is 374 g/mol. The molecule has 0 fully saturated rings. The monoisotopic (exact) mass is 395 g/mol. The summed E-state index contributed by atoms with van der Waals surface area (Å²) in [4.78, 5) is 24.2. The Hall–Kier alpha value is -3.45. The molecule has 0 aliphatic heterocycles. The molecule has 0 saturated carbocycles. The van der Waals surface area contributed by atoms with Crippen LogP contribution in [0.3, 0.4) is 0 Å². The van der Waals surface area contributed by atoms with Gasteiger partial charge in [-0.2, -0.15) is 0 Å². The van der Waals surface area contributed by atoms with Crippen molar-refractivity contribution in [3.8, 4) is 5.75 Å². The summed E-state index contributed by atoms with van der Waals surface area (Å²) in [6.07, 6.45) is 4.61. The lowest BCUT2D eigenvalue weighted by Crippen LogP contribution is -2.48. The molecule has 0 spiro atoms. The topological polar surface area (TPSA) is 79.5 Å². The van der Waals surface area contributed by atoms with Crippen LogP contribution < -0.4 is 20.9 Å². The Labute approximate surface area is 169 Å². The van der Waals surface area contributed by atoms with Crippen molar-refractivity contribution in [1.82, 2.24) is 16.2 Å². The zero-order valence-corrected chi connectivity index (χ0v) is 16.2. The second-order valence-corrected chi connectivity index (χ2v) is 6.15. The van der Waals surface area contributed by atoms with Gasteiger partial charge < -0.3 is 4.74 Å². The van der Waals surface area contributed by atoms with Gasteiger partial charge in [-0.25, -0.2) is 0 Å². The highest BCUT2D eigenvalue weighted by Crippen LogP contribution is 2.17. The molecule has 0 atom stereocenters. The van der Waals surface area contributed by atoms with Crippen molar-refractivity contribution in [1.29, 1.82) is 0 Å². The Morgan fingerprint density at radius 1 is 1.11 bits per heavy atom. The molecule has 0 saturated heterocycles. The summed E-state index contributed by atoms with van der Waals surface area (Å²) in [6, 6.07) is 14.5. The van der Waals surface area contributed by atoms with Gasteiger partial charge in [-0.1, -0.05) is 54.6 Å². The van der Waals surface area contributed by atoms with E-state index in [1.165, 1.54) is 6.08 Å². The highest BCUT2D eigenvalue weighted by Gasteiger charge is 2.12. The first-order valence-corrected chi connectivity index (χ1v) is 8.89. The highest BCUT2D eigenvalue weighted by atomic mass is 32.1. The molecule has 0 aromatic heterocycles. The highest BCUT2D eigenvalue weighted by molar-refractivity contribution is 7.80. The number of para-hydroxylation sites is 1. The number of carbonyl (C=O) groups excluding carboxylic acids is 2. The van der Waals surface area contributed by atoms with Crippen LogP contribution in [-0.4, -0.2) is 23.5 Å². The first-order valence-electron chi connectivity index (χ1n) is 8.48. The van der Waals surface area contributed by atoms with E-state index in [9.17, 15) is 9.59 Å². The molecule has 2 aromatic rings. The number of carbonyl (C=O) groups is 2. The number of hydrogen-bond acceptors (Lipinski definition) is 4. The van der Waals surface area contributed by atoms with Crippen LogP contribution in [-0.2, 0) is 4.79 Å². The number of benzene rings is 2. The van der Waals surface area contributed by atoms with E-state index < -0.39 is 11.8 Å². The SMILES string of the molecule is C=CCOc1ccccc1C(=O)NNC(=S)NC(=O)C=Cc1ccc(C)cc1. The number of amides is 2. The van der Waals surface area contributed by atoms with Crippen molar-refractivity contribution in [2.24, 2.45) is 0 Å². The molecule has 0 heterocycles. The minimum atomic E-state index is -0.452. The third kappa shape index (κ3) is 6.69. The zero-order valence-electron chi connectivity index (χ0n) is 15.4. The molecule has 0 bridgehead atoms. The Balaban J connectivity index is 1.85. The summed E-state index contributed by atoms with van der Waals surface area (Å²) in [7, 11) is 0. The molecule has 6 nitrogen and oxygen atoms in total. The molecule has 0 radical (unpaired) electrons. The largest absolute Gasteiger partial charge is 0.489 e.